The van der Waals surface area contributed by atoms with Gasteiger partial charge in [-0.15, -0.1) is 0 Å². The lowest BCUT2D eigenvalue weighted by atomic mass is 9.93. The summed E-state index contributed by atoms with van der Waals surface area (Å²) in [7, 11) is 1.62. The van der Waals surface area contributed by atoms with Crippen LogP contribution in [0.4, 0.5) is 0 Å². The fraction of sp³-hybridized carbons (Fsp3) is 0.524. The van der Waals surface area contributed by atoms with Gasteiger partial charge in [0.25, 0.3) is 0 Å². The summed E-state index contributed by atoms with van der Waals surface area (Å²) in [5.41, 5.74) is 0.917. The molecule has 0 aromatic heterocycles. The van der Waals surface area contributed by atoms with Crippen LogP contribution < -0.4 is 10.1 Å². The van der Waals surface area contributed by atoms with Crippen molar-refractivity contribution in [3.63, 3.8) is 0 Å². The molecule has 2 amide bonds. The summed E-state index contributed by atoms with van der Waals surface area (Å²) in [6.45, 7) is 1.40. The van der Waals surface area contributed by atoms with E-state index in [9.17, 15) is 9.59 Å². The molecule has 0 unspecified atom stereocenters. The smallest absolute Gasteiger partial charge is 0.227 e. The standard InChI is InChI=1S/C21H28N2O3/c1-26-19-10-6-5-9-17(19)15-20(24)23-13-11-18(12-14-23)22-21(25)16-7-3-2-4-8-16/h2-3,5-6,9-10,16,18H,4,7-8,11-15H2,1H3,(H,22,25)/t16-/m0/s1. The Hall–Kier alpha value is -2.30. The van der Waals surface area contributed by atoms with Crippen molar-refractivity contribution in [2.24, 2.45) is 5.92 Å². The first kappa shape index (κ1) is 18.5. The highest BCUT2D eigenvalue weighted by atomic mass is 16.5. The fourth-order valence-corrected chi connectivity index (χ4v) is 3.75. The second kappa shape index (κ2) is 8.88. The molecule has 1 atom stereocenters. The van der Waals surface area contributed by atoms with Gasteiger partial charge in [-0.3, -0.25) is 9.59 Å². The van der Waals surface area contributed by atoms with E-state index in [1.54, 1.807) is 7.11 Å². The van der Waals surface area contributed by atoms with E-state index in [4.69, 9.17) is 4.74 Å². The Bertz CT molecular complexity index is 663. The molecule has 0 radical (unpaired) electrons. The molecule has 140 valence electrons. The Balaban J connectivity index is 1.46. The highest BCUT2D eigenvalue weighted by Gasteiger charge is 2.26. The Kier molecular flexibility index (Phi) is 6.31. The SMILES string of the molecule is COc1ccccc1CC(=O)N1CCC(NC(=O)[C@H]2CC=CCC2)CC1. The van der Waals surface area contributed by atoms with E-state index in [-0.39, 0.29) is 23.8 Å². The summed E-state index contributed by atoms with van der Waals surface area (Å²) in [6.07, 6.45) is 9.05. The minimum absolute atomic E-state index is 0.116. The van der Waals surface area contributed by atoms with E-state index in [0.717, 1.165) is 43.4 Å². The van der Waals surface area contributed by atoms with Crippen molar-refractivity contribution in [1.29, 1.82) is 0 Å². The van der Waals surface area contributed by atoms with Gasteiger partial charge in [0.05, 0.1) is 13.5 Å². The third-order valence-electron chi connectivity index (χ3n) is 5.37. The lowest BCUT2D eigenvalue weighted by Gasteiger charge is -2.33. The quantitative estimate of drug-likeness (QED) is 0.825. The topological polar surface area (TPSA) is 58.6 Å². The van der Waals surface area contributed by atoms with Crippen molar-refractivity contribution in [1.82, 2.24) is 10.2 Å². The Morgan fingerprint density at radius 1 is 1.15 bits per heavy atom. The lowest BCUT2D eigenvalue weighted by Crippen LogP contribution is -2.48. The molecule has 5 heteroatoms. The number of para-hydroxylation sites is 1. The fourth-order valence-electron chi connectivity index (χ4n) is 3.75. The average molecular weight is 356 g/mol. The number of hydrogen-bond donors (Lipinski definition) is 1. The zero-order valence-corrected chi connectivity index (χ0v) is 15.4. The minimum Gasteiger partial charge on any atom is -0.496 e. The van der Waals surface area contributed by atoms with E-state index in [0.29, 0.717) is 19.5 Å². The number of likely N-dealkylation sites (tertiary alicyclic amines) is 1. The number of rotatable bonds is 5. The van der Waals surface area contributed by atoms with Crippen LogP contribution in [0.2, 0.25) is 0 Å². The maximum atomic E-state index is 12.6. The molecule has 1 aromatic rings. The van der Waals surface area contributed by atoms with E-state index in [2.05, 4.69) is 17.5 Å². The van der Waals surface area contributed by atoms with Gasteiger partial charge in [-0.25, -0.2) is 0 Å². The summed E-state index contributed by atoms with van der Waals surface area (Å²) < 4.78 is 5.33. The zero-order chi connectivity index (χ0) is 18.4. The van der Waals surface area contributed by atoms with Gasteiger partial charge in [0.15, 0.2) is 0 Å². The summed E-state index contributed by atoms with van der Waals surface area (Å²) in [5.74, 6) is 1.17. The number of nitrogens with one attached hydrogen (secondary N) is 1. The van der Waals surface area contributed by atoms with Crippen LogP contribution in [0.5, 0.6) is 5.75 Å². The number of carbonyl (C=O) groups is 2. The highest BCUT2D eigenvalue weighted by Crippen LogP contribution is 2.21. The molecule has 5 nitrogen and oxygen atoms in total. The molecule has 1 heterocycles. The molecule has 3 rings (SSSR count). The second-order valence-corrected chi connectivity index (χ2v) is 7.13. The molecule has 1 aliphatic carbocycles. The first-order chi connectivity index (χ1) is 12.7. The van der Waals surface area contributed by atoms with Gasteiger partial charge >= 0.3 is 0 Å². The Labute approximate surface area is 155 Å². The van der Waals surface area contributed by atoms with Gasteiger partial charge in [-0.2, -0.15) is 0 Å². The minimum atomic E-state index is 0.116. The Morgan fingerprint density at radius 3 is 2.62 bits per heavy atom. The third-order valence-corrected chi connectivity index (χ3v) is 5.37. The number of allylic oxidation sites excluding steroid dienone is 2. The van der Waals surface area contributed by atoms with Crippen molar-refractivity contribution in [3.05, 3.63) is 42.0 Å². The molecule has 1 fully saturated rings. The first-order valence-corrected chi connectivity index (χ1v) is 9.52. The van der Waals surface area contributed by atoms with Gasteiger partial charge < -0.3 is 15.0 Å². The normalized spacial score (nSPS) is 20.7. The first-order valence-electron chi connectivity index (χ1n) is 9.52. The summed E-state index contributed by atoms with van der Waals surface area (Å²) in [5, 5.41) is 3.19. The van der Waals surface area contributed by atoms with E-state index >= 15 is 0 Å². The summed E-state index contributed by atoms with van der Waals surface area (Å²) in [6, 6.07) is 7.83. The average Bonchev–Trinajstić information content (AvgIpc) is 2.69. The number of amides is 2. The number of benzene rings is 1. The predicted octanol–water partition coefficient (Wildman–Crippen LogP) is 2.70. The molecular weight excluding hydrogens is 328 g/mol. The van der Waals surface area contributed by atoms with Gasteiger partial charge in [-0.1, -0.05) is 30.4 Å². The molecule has 0 spiro atoms. The number of methoxy groups -OCH3 is 1. The van der Waals surface area contributed by atoms with Crippen molar-refractivity contribution >= 4 is 11.8 Å². The zero-order valence-electron chi connectivity index (χ0n) is 15.4. The van der Waals surface area contributed by atoms with Crippen LogP contribution in [0.1, 0.15) is 37.7 Å². The van der Waals surface area contributed by atoms with Gasteiger partial charge in [0.2, 0.25) is 11.8 Å². The van der Waals surface area contributed by atoms with Crippen molar-refractivity contribution in [3.8, 4) is 5.75 Å². The Morgan fingerprint density at radius 2 is 1.92 bits per heavy atom. The number of carbonyl (C=O) groups excluding carboxylic acids is 2. The van der Waals surface area contributed by atoms with Crippen LogP contribution >= 0.6 is 0 Å². The number of ether oxygens (including phenoxy) is 1. The van der Waals surface area contributed by atoms with Crippen LogP contribution in [-0.4, -0.2) is 43.0 Å². The molecular formula is C21H28N2O3. The molecule has 1 aromatic carbocycles. The van der Waals surface area contributed by atoms with E-state index in [1.165, 1.54) is 0 Å². The number of nitrogens with zero attached hydrogens (tertiary/aromatic N) is 1. The van der Waals surface area contributed by atoms with Gasteiger partial charge in [0, 0.05) is 30.6 Å². The van der Waals surface area contributed by atoms with Crippen LogP contribution in [0.3, 0.4) is 0 Å². The largest absolute Gasteiger partial charge is 0.496 e. The van der Waals surface area contributed by atoms with Crippen molar-refractivity contribution in [2.75, 3.05) is 20.2 Å². The summed E-state index contributed by atoms with van der Waals surface area (Å²) >= 11 is 0. The van der Waals surface area contributed by atoms with Crippen LogP contribution in [0, 0.1) is 5.92 Å². The third kappa shape index (κ3) is 4.65. The summed E-state index contributed by atoms with van der Waals surface area (Å²) in [4.78, 5) is 26.8. The van der Waals surface area contributed by atoms with Crippen LogP contribution in [0.15, 0.2) is 36.4 Å². The molecule has 2 aliphatic rings. The maximum Gasteiger partial charge on any atom is 0.227 e. The van der Waals surface area contributed by atoms with Gasteiger partial charge in [-0.05, 0) is 38.2 Å². The van der Waals surface area contributed by atoms with Crippen molar-refractivity contribution < 1.29 is 14.3 Å². The number of piperidine rings is 1. The molecule has 1 N–H and O–H groups in total. The predicted molar refractivity (Wildman–Crippen MR) is 101 cm³/mol. The van der Waals surface area contributed by atoms with Crippen LogP contribution in [-0.2, 0) is 16.0 Å². The van der Waals surface area contributed by atoms with Crippen LogP contribution in [0.25, 0.3) is 0 Å². The molecule has 1 saturated heterocycles. The second-order valence-electron chi connectivity index (χ2n) is 7.13. The maximum absolute atomic E-state index is 12.6. The number of hydrogen-bond acceptors (Lipinski definition) is 3. The van der Waals surface area contributed by atoms with E-state index in [1.807, 2.05) is 29.2 Å². The monoisotopic (exact) mass is 356 g/mol. The highest BCUT2D eigenvalue weighted by molar-refractivity contribution is 5.80. The van der Waals surface area contributed by atoms with Crippen molar-refractivity contribution in [2.45, 2.75) is 44.6 Å². The molecule has 1 aliphatic heterocycles. The lowest BCUT2D eigenvalue weighted by molar-refractivity contribution is -0.131. The molecule has 0 saturated carbocycles. The molecule has 26 heavy (non-hydrogen) atoms. The molecule has 0 bridgehead atoms. The van der Waals surface area contributed by atoms with Gasteiger partial charge in [0.1, 0.15) is 5.75 Å². The van der Waals surface area contributed by atoms with E-state index < -0.39 is 0 Å².